The second-order valence-electron chi connectivity index (χ2n) is 8.96. The predicted octanol–water partition coefficient (Wildman–Crippen LogP) is 4.94. The zero-order valence-electron chi connectivity index (χ0n) is 22.3. The summed E-state index contributed by atoms with van der Waals surface area (Å²) in [5.41, 5.74) is 3.96. The van der Waals surface area contributed by atoms with Crippen LogP contribution in [0.1, 0.15) is 16.9 Å². The molecule has 0 aliphatic carbocycles. The van der Waals surface area contributed by atoms with E-state index in [1.807, 2.05) is 6.92 Å². The molecule has 0 unspecified atom stereocenters. The number of rotatable bonds is 12. The predicted molar refractivity (Wildman–Crippen MR) is 160 cm³/mol. The molecule has 0 saturated heterocycles. The number of sulfonamides is 1. The van der Waals surface area contributed by atoms with Gasteiger partial charge in [0.1, 0.15) is 18.1 Å². The zero-order chi connectivity index (χ0) is 30.1. The van der Waals surface area contributed by atoms with E-state index in [2.05, 4.69) is 15.8 Å². The first kappa shape index (κ1) is 30.6. The van der Waals surface area contributed by atoms with Crippen LogP contribution < -0.4 is 19.8 Å². The van der Waals surface area contributed by atoms with Gasteiger partial charge in [-0.3, -0.25) is 13.9 Å². The number of nitrogens with zero attached hydrogens (tertiary/aromatic N) is 2. The van der Waals surface area contributed by atoms with E-state index in [4.69, 9.17) is 32.4 Å². The number of carbonyl (C=O) groups is 2. The first-order valence-electron chi connectivity index (χ1n) is 12.5. The molecule has 42 heavy (non-hydrogen) atoms. The van der Waals surface area contributed by atoms with Crippen molar-refractivity contribution in [3.05, 3.63) is 112 Å². The Hall–Kier alpha value is -4.32. The Morgan fingerprint density at radius 3 is 2.31 bits per heavy atom. The van der Waals surface area contributed by atoms with Gasteiger partial charge < -0.3 is 14.5 Å². The van der Waals surface area contributed by atoms with Crippen molar-refractivity contribution in [3.63, 3.8) is 0 Å². The van der Waals surface area contributed by atoms with Crippen molar-refractivity contribution in [2.45, 2.75) is 18.4 Å². The Balaban J connectivity index is 1.36. The number of anilines is 1. The van der Waals surface area contributed by atoms with Crippen molar-refractivity contribution >= 4 is 56.9 Å². The standard InChI is InChI=1S/C29H26Cl2N4O6S/c1-20-4-10-27(11-5-20)42(38,39)35(24-14-22(30)13-23(31)15-24)18-28(36)34-33-16-21-6-8-25(9-7-21)41-19-29(37)32-17-26-3-2-12-40-26/h2-16H,17-19H2,1H3,(H,32,37)(H,34,36)/b33-16-. The summed E-state index contributed by atoms with van der Waals surface area (Å²) in [7, 11) is -4.15. The summed E-state index contributed by atoms with van der Waals surface area (Å²) in [6.45, 7) is 1.34. The molecule has 0 fully saturated rings. The van der Waals surface area contributed by atoms with Crippen LogP contribution in [0.2, 0.25) is 10.0 Å². The first-order chi connectivity index (χ1) is 20.1. The summed E-state index contributed by atoms with van der Waals surface area (Å²) in [6.07, 6.45) is 2.91. The quantitative estimate of drug-likeness (QED) is 0.169. The molecular formula is C29H26Cl2N4O6S. The molecule has 4 aromatic rings. The maximum atomic E-state index is 13.5. The summed E-state index contributed by atoms with van der Waals surface area (Å²) in [6, 6.07) is 20.6. The van der Waals surface area contributed by atoms with Gasteiger partial charge in [0, 0.05) is 10.0 Å². The van der Waals surface area contributed by atoms with Crippen LogP contribution in [0, 0.1) is 6.92 Å². The topological polar surface area (TPSA) is 130 Å². The lowest BCUT2D eigenvalue weighted by molar-refractivity contribution is -0.123. The van der Waals surface area contributed by atoms with Crippen LogP contribution >= 0.6 is 23.2 Å². The van der Waals surface area contributed by atoms with Gasteiger partial charge in [-0.15, -0.1) is 0 Å². The third-order valence-electron chi connectivity index (χ3n) is 5.72. The highest BCUT2D eigenvalue weighted by molar-refractivity contribution is 7.92. The normalized spacial score (nSPS) is 11.3. The lowest BCUT2D eigenvalue weighted by atomic mass is 10.2. The van der Waals surface area contributed by atoms with Gasteiger partial charge >= 0.3 is 0 Å². The van der Waals surface area contributed by atoms with Crippen LogP contribution in [0.4, 0.5) is 5.69 Å². The van der Waals surface area contributed by atoms with Gasteiger partial charge in [-0.25, -0.2) is 13.8 Å². The first-order valence-corrected chi connectivity index (χ1v) is 14.7. The summed E-state index contributed by atoms with van der Waals surface area (Å²) >= 11 is 12.2. The van der Waals surface area contributed by atoms with E-state index in [0.717, 1.165) is 9.87 Å². The minimum atomic E-state index is -4.15. The monoisotopic (exact) mass is 628 g/mol. The fraction of sp³-hybridized carbons (Fsp3) is 0.138. The van der Waals surface area contributed by atoms with E-state index in [1.54, 1.807) is 48.5 Å². The molecule has 0 bridgehead atoms. The average Bonchev–Trinajstić information content (AvgIpc) is 3.48. The summed E-state index contributed by atoms with van der Waals surface area (Å²) in [5, 5.41) is 7.03. The molecule has 13 heteroatoms. The number of amides is 2. The molecular weight excluding hydrogens is 603 g/mol. The lowest BCUT2D eigenvalue weighted by Crippen LogP contribution is -2.39. The molecule has 2 amide bonds. The highest BCUT2D eigenvalue weighted by Gasteiger charge is 2.27. The fourth-order valence-electron chi connectivity index (χ4n) is 3.63. The maximum Gasteiger partial charge on any atom is 0.264 e. The van der Waals surface area contributed by atoms with E-state index in [1.165, 1.54) is 42.8 Å². The van der Waals surface area contributed by atoms with Gasteiger partial charge in [-0.2, -0.15) is 5.10 Å². The Morgan fingerprint density at radius 2 is 1.67 bits per heavy atom. The third-order valence-corrected chi connectivity index (χ3v) is 7.95. The van der Waals surface area contributed by atoms with Crippen LogP contribution in [0.3, 0.4) is 0 Å². The second-order valence-corrected chi connectivity index (χ2v) is 11.7. The van der Waals surface area contributed by atoms with Crippen LogP contribution in [0.5, 0.6) is 5.75 Å². The molecule has 0 radical (unpaired) electrons. The SMILES string of the molecule is Cc1ccc(S(=O)(=O)N(CC(=O)N/N=C\c2ccc(OCC(=O)NCc3ccco3)cc2)c2cc(Cl)cc(Cl)c2)cc1. The number of carbonyl (C=O) groups excluding carboxylic acids is 2. The van der Waals surface area contributed by atoms with Gasteiger partial charge in [0.15, 0.2) is 6.61 Å². The molecule has 3 aromatic carbocycles. The van der Waals surface area contributed by atoms with Gasteiger partial charge in [0.05, 0.1) is 29.6 Å². The van der Waals surface area contributed by atoms with E-state index < -0.39 is 22.5 Å². The molecule has 1 heterocycles. The summed E-state index contributed by atoms with van der Waals surface area (Å²) in [4.78, 5) is 24.7. The number of furan rings is 1. The van der Waals surface area contributed by atoms with Gasteiger partial charge in [-0.05, 0) is 79.2 Å². The molecule has 0 atom stereocenters. The zero-order valence-corrected chi connectivity index (χ0v) is 24.6. The van der Waals surface area contributed by atoms with Gasteiger partial charge in [0.25, 0.3) is 21.8 Å². The smallest absolute Gasteiger partial charge is 0.264 e. The average molecular weight is 630 g/mol. The molecule has 0 aliphatic rings. The Kier molecular flexibility index (Phi) is 10.2. The summed E-state index contributed by atoms with van der Waals surface area (Å²) < 4.78 is 38.5. The van der Waals surface area contributed by atoms with Crippen molar-refractivity contribution in [2.75, 3.05) is 17.5 Å². The summed E-state index contributed by atoms with van der Waals surface area (Å²) in [5.74, 6) is 0.0896. The van der Waals surface area contributed by atoms with E-state index >= 15 is 0 Å². The Bertz CT molecular complexity index is 1640. The van der Waals surface area contributed by atoms with Gasteiger partial charge in [0.2, 0.25) is 0 Å². The van der Waals surface area contributed by atoms with Crippen molar-refractivity contribution in [3.8, 4) is 5.75 Å². The van der Waals surface area contributed by atoms with Crippen molar-refractivity contribution in [1.82, 2.24) is 10.7 Å². The number of hydrogen-bond donors (Lipinski definition) is 2. The molecule has 2 N–H and O–H groups in total. The van der Waals surface area contributed by atoms with E-state index in [-0.39, 0.29) is 39.7 Å². The molecule has 0 spiro atoms. The van der Waals surface area contributed by atoms with E-state index in [0.29, 0.717) is 17.1 Å². The van der Waals surface area contributed by atoms with Crippen LogP contribution in [-0.2, 0) is 26.2 Å². The number of aryl methyl sites for hydroxylation is 1. The van der Waals surface area contributed by atoms with Crippen molar-refractivity contribution < 1.29 is 27.2 Å². The third kappa shape index (κ3) is 8.59. The second kappa shape index (κ2) is 14.0. The molecule has 10 nitrogen and oxygen atoms in total. The van der Waals surface area contributed by atoms with E-state index in [9.17, 15) is 18.0 Å². The van der Waals surface area contributed by atoms with Gasteiger partial charge in [-0.1, -0.05) is 40.9 Å². The largest absolute Gasteiger partial charge is 0.484 e. The van der Waals surface area contributed by atoms with Crippen molar-refractivity contribution in [2.24, 2.45) is 5.10 Å². The minimum absolute atomic E-state index is 0.00203. The molecule has 0 aliphatic heterocycles. The Labute approximate surface area is 252 Å². The Morgan fingerprint density at radius 1 is 0.976 bits per heavy atom. The molecule has 1 aromatic heterocycles. The van der Waals surface area contributed by atoms with Crippen LogP contribution in [-0.4, -0.2) is 39.6 Å². The highest BCUT2D eigenvalue weighted by Crippen LogP contribution is 2.29. The number of halogens is 2. The van der Waals surface area contributed by atoms with Crippen LogP contribution in [0.15, 0.2) is 99.5 Å². The molecule has 218 valence electrons. The minimum Gasteiger partial charge on any atom is -0.484 e. The number of ether oxygens (including phenoxy) is 1. The van der Waals surface area contributed by atoms with Crippen LogP contribution in [0.25, 0.3) is 0 Å². The number of benzene rings is 3. The number of nitrogens with one attached hydrogen (secondary N) is 2. The fourth-order valence-corrected chi connectivity index (χ4v) is 5.55. The van der Waals surface area contributed by atoms with Crippen molar-refractivity contribution in [1.29, 1.82) is 0 Å². The highest BCUT2D eigenvalue weighted by atomic mass is 35.5. The number of hydrogen-bond acceptors (Lipinski definition) is 7. The number of hydrazone groups is 1. The maximum absolute atomic E-state index is 13.5. The molecule has 4 rings (SSSR count). The molecule has 0 saturated carbocycles. The lowest BCUT2D eigenvalue weighted by Gasteiger charge is -2.24.